The number of rotatable bonds is 4. The Labute approximate surface area is 167 Å². The number of aromatic nitrogens is 3. The van der Waals surface area contributed by atoms with Crippen molar-refractivity contribution in [1.29, 1.82) is 0 Å². The highest BCUT2D eigenvalue weighted by atomic mass is 32.1. The molecule has 142 valence electrons. The molecular weight excluding hydrogens is 370 g/mol. The standard InChI is InChI=1S/C21H21N5OS/c27-17-9-13(11-26(17)14-6-7-14)23-20-18-15-4-1-5-16(15)28-21(18)25-19(24-20)12-3-2-8-22-10-12/h2-3,8,10,13-14H,1,4-7,9,11H2,(H,23,24,25). The summed E-state index contributed by atoms with van der Waals surface area (Å²) in [6.45, 7) is 0.781. The van der Waals surface area contributed by atoms with E-state index in [-0.39, 0.29) is 11.9 Å². The van der Waals surface area contributed by atoms with Gasteiger partial charge in [-0.25, -0.2) is 9.97 Å². The van der Waals surface area contributed by atoms with E-state index in [0.717, 1.165) is 48.4 Å². The Morgan fingerprint density at radius 1 is 1.21 bits per heavy atom. The number of likely N-dealkylation sites (tertiary alicyclic amines) is 1. The van der Waals surface area contributed by atoms with Crippen LogP contribution in [0, 0.1) is 0 Å². The molecule has 2 aliphatic carbocycles. The minimum Gasteiger partial charge on any atom is -0.364 e. The van der Waals surface area contributed by atoms with E-state index in [1.807, 2.05) is 12.1 Å². The summed E-state index contributed by atoms with van der Waals surface area (Å²) in [7, 11) is 0. The van der Waals surface area contributed by atoms with Crippen molar-refractivity contribution in [2.75, 3.05) is 11.9 Å². The molecule has 7 heteroatoms. The third-order valence-corrected chi connectivity index (χ3v) is 7.16. The molecule has 28 heavy (non-hydrogen) atoms. The van der Waals surface area contributed by atoms with Gasteiger partial charge in [0.05, 0.1) is 11.4 Å². The van der Waals surface area contributed by atoms with Gasteiger partial charge in [0.15, 0.2) is 5.82 Å². The minimum atomic E-state index is 0.116. The van der Waals surface area contributed by atoms with Crippen LogP contribution in [0.1, 0.15) is 36.1 Å². The molecule has 0 aromatic carbocycles. The largest absolute Gasteiger partial charge is 0.364 e. The second kappa shape index (κ2) is 6.24. The average molecular weight is 392 g/mol. The molecule has 1 aliphatic heterocycles. The number of nitrogens with zero attached hydrogens (tertiary/aromatic N) is 4. The third-order valence-electron chi connectivity index (χ3n) is 5.97. The first-order valence-electron chi connectivity index (χ1n) is 10.0. The zero-order chi connectivity index (χ0) is 18.7. The highest BCUT2D eigenvalue weighted by Gasteiger charge is 2.39. The lowest BCUT2D eigenvalue weighted by atomic mass is 10.1. The van der Waals surface area contributed by atoms with Crippen LogP contribution in [0.15, 0.2) is 24.5 Å². The van der Waals surface area contributed by atoms with Gasteiger partial charge in [0.25, 0.3) is 0 Å². The molecule has 6 rings (SSSR count). The highest BCUT2D eigenvalue weighted by Crippen LogP contribution is 2.41. The van der Waals surface area contributed by atoms with Gasteiger partial charge in [0, 0.05) is 41.8 Å². The van der Waals surface area contributed by atoms with E-state index in [2.05, 4.69) is 15.2 Å². The maximum Gasteiger partial charge on any atom is 0.225 e. The quantitative estimate of drug-likeness (QED) is 0.738. The molecule has 1 unspecified atom stereocenters. The van der Waals surface area contributed by atoms with Gasteiger partial charge in [-0.3, -0.25) is 9.78 Å². The Morgan fingerprint density at radius 3 is 2.96 bits per heavy atom. The fourth-order valence-electron chi connectivity index (χ4n) is 4.49. The molecule has 2 fully saturated rings. The Morgan fingerprint density at radius 2 is 2.14 bits per heavy atom. The summed E-state index contributed by atoms with van der Waals surface area (Å²) in [5.74, 6) is 1.86. The van der Waals surface area contributed by atoms with Crippen molar-refractivity contribution in [3.63, 3.8) is 0 Å². The van der Waals surface area contributed by atoms with E-state index in [9.17, 15) is 4.79 Å². The van der Waals surface area contributed by atoms with Gasteiger partial charge >= 0.3 is 0 Å². The van der Waals surface area contributed by atoms with Crippen molar-refractivity contribution in [3.05, 3.63) is 35.0 Å². The molecule has 0 bridgehead atoms. The molecular formula is C21H21N5OS. The Balaban J connectivity index is 1.42. The molecule has 1 N–H and O–H groups in total. The Bertz CT molecular complexity index is 1080. The minimum absolute atomic E-state index is 0.116. The second-order valence-electron chi connectivity index (χ2n) is 8.00. The third kappa shape index (κ3) is 2.68. The fourth-order valence-corrected chi connectivity index (χ4v) is 5.75. The number of aryl methyl sites for hydroxylation is 2. The van der Waals surface area contributed by atoms with Crippen molar-refractivity contribution in [2.24, 2.45) is 0 Å². The van der Waals surface area contributed by atoms with Crippen LogP contribution in [-0.4, -0.2) is 44.4 Å². The van der Waals surface area contributed by atoms with Crippen LogP contribution in [0.2, 0.25) is 0 Å². The van der Waals surface area contributed by atoms with E-state index in [0.29, 0.717) is 18.3 Å². The molecule has 1 amide bonds. The summed E-state index contributed by atoms with van der Waals surface area (Å²) in [4.78, 5) is 30.9. The number of pyridine rings is 1. The number of carbonyl (C=O) groups is 1. The smallest absolute Gasteiger partial charge is 0.225 e. The van der Waals surface area contributed by atoms with E-state index in [4.69, 9.17) is 9.97 Å². The van der Waals surface area contributed by atoms with Crippen LogP contribution in [0.4, 0.5) is 5.82 Å². The number of thiophene rings is 1. The fraction of sp³-hybridized carbons (Fsp3) is 0.429. The van der Waals surface area contributed by atoms with E-state index >= 15 is 0 Å². The lowest BCUT2D eigenvalue weighted by molar-refractivity contribution is -0.128. The normalized spacial score (nSPS) is 21.5. The Hall–Kier alpha value is -2.54. The van der Waals surface area contributed by atoms with Gasteiger partial charge in [0.1, 0.15) is 10.6 Å². The van der Waals surface area contributed by atoms with Crippen LogP contribution in [0.25, 0.3) is 21.6 Å². The lowest BCUT2D eigenvalue weighted by Crippen LogP contribution is -2.30. The van der Waals surface area contributed by atoms with Crippen LogP contribution in [0.5, 0.6) is 0 Å². The van der Waals surface area contributed by atoms with Crippen molar-refractivity contribution in [3.8, 4) is 11.4 Å². The van der Waals surface area contributed by atoms with Crippen molar-refractivity contribution in [2.45, 2.75) is 50.6 Å². The number of fused-ring (bicyclic) bond motifs is 3. The molecule has 3 aliphatic rings. The topological polar surface area (TPSA) is 71.0 Å². The second-order valence-corrected chi connectivity index (χ2v) is 9.08. The Kier molecular flexibility index (Phi) is 3.66. The molecule has 1 saturated carbocycles. The maximum atomic E-state index is 12.4. The molecule has 0 radical (unpaired) electrons. The van der Waals surface area contributed by atoms with Crippen LogP contribution in [0.3, 0.4) is 0 Å². The summed E-state index contributed by atoms with van der Waals surface area (Å²) in [6, 6.07) is 4.49. The molecule has 3 aromatic heterocycles. The van der Waals surface area contributed by atoms with Crippen molar-refractivity contribution in [1.82, 2.24) is 19.9 Å². The molecule has 4 heterocycles. The summed E-state index contributed by atoms with van der Waals surface area (Å²) in [5.41, 5.74) is 2.33. The van der Waals surface area contributed by atoms with Crippen molar-refractivity contribution < 1.29 is 4.79 Å². The summed E-state index contributed by atoms with van der Waals surface area (Å²) >= 11 is 1.79. The number of hydrogen-bond acceptors (Lipinski definition) is 6. The number of amides is 1. The van der Waals surface area contributed by atoms with Crippen LogP contribution >= 0.6 is 11.3 Å². The van der Waals surface area contributed by atoms with Gasteiger partial charge in [-0.05, 0) is 49.8 Å². The summed E-state index contributed by atoms with van der Waals surface area (Å²) < 4.78 is 0. The SMILES string of the molecule is O=C1CC(Nc2nc(-c3cccnc3)nc3sc4c(c23)CCC4)CN1C1CC1. The van der Waals surface area contributed by atoms with Crippen LogP contribution < -0.4 is 5.32 Å². The number of carbonyl (C=O) groups excluding carboxylic acids is 1. The van der Waals surface area contributed by atoms with Gasteiger partial charge in [0.2, 0.25) is 5.91 Å². The van der Waals surface area contributed by atoms with Gasteiger partial charge in [-0.15, -0.1) is 11.3 Å². The maximum absolute atomic E-state index is 12.4. The van der Waals surface area contributed by atoms with Gasteiger partial charge < -0.3 is 10.2 Å². The monoisotopic (exact) mass is 391 g/mol. The average Bonchev–Trinajstić information content (AvgIpc) is 3.18. The molecule has 3 aromatic rings. The first kappa shape index (κ1) is 16.4. The van der Waals surface area contributed by atoms with E-state index < -0.39 is 0 Å². The summed E-state index contributed by atoms with van der Waals surface area (Å²) in [6.07, 6.45) is 9.86. The van der Waals surface area contributed by atoms with Crippen LogP contribution in [-0.2, 0) is 17.6 Å². The van der Waals surface area contributed by atoms with E-state index in [1.54, 1.807) is 23.7 Å². The number of anilines is 1. The zero-order valence-electron chi connectivity index (χ0n) is 15.5. The predicted molar refractivity (Wildman–Crippen MR) is 109 cm³/mol. The highest BCUT2D eigenvalue weighted by molar-refractivity contribution is 7.19. The molecule has 1 atom stereocenters. The lowest BCUT2D eigenvalue weighted by Gasteiger charge is -2.17. The molecule has 0 spiro atoms. The zero-order valence-corrected chi connectivity index (χ0v) is 16.3. The first-order valence-corrected chi connectivity index (χ1v) is 10.9. The van der Waals surface area contributed by atoms with Crippen molar-refractivity contribution >= 4 is 33.3 Å². The van der Waals surface area contributed by atoms with E-state index in [1.165, 1.54) is 22.2 Å². The van der Waals surface area contributed by atoms with Gasteiger partial charge in [-0.1, -0.05) is 0 Å². The summed E-state index contributed by atoms with van der Waals surface area (Å²) in [5, 5.41) is 4.79. The predicted octanol–water partition coefficient (Wildman–Crippen LogP) is 3.42. The first-order chi connectivity index (χ1) is 13.8. The molecule has 6 nitrogen and oxygen atoms in total. The van der Waals surface area contributed by atoms with Gasteiger partial charge in [-0.2, -0.15) is 0 Å². The number of nitrogens with one attached hydrogen (secondary N) is 1. The molecule has 1 saturated heterocycles. The number of hydrogen-bond donors (Lipinski definition) is 1.